The normalized spacial score (nSPS) is 10.8. The molecule has 2 aromatic carbocycles. The van der Waals surface area contributed by atoms with Crippen LogP contribution in [0.4, 0.5) is 5.69 Å². The summed E-state index contributed by atoms with van der Waals surface area (Å²) in [6.45, 7) is 1.54. The van der Waals surface area contributed by atoms with Gasteiger partial charge in [-0.25, -0.2) is 0 Å². The van der Waals surface area contributed by atoms with E-state index in [1.807, 2.05) is 31.3 Å². The lowest BCUT2D eigenvalue weighted by Gasteiger charge is -2.18. The molecule has 0 spiro atoms. The summed E-state index contributed by atoms with van der Waals surface area (Å²) in [5.41, 5.74) is 8.33. The highest BCUT2D eigenvalue weighted by Crippen LogP contribution is 2.23. The lowest BCUT2D eigenvalue weighted by molar-refractivity contribution is 0.310. The molecule has 0 saturated carbocycles. The Hall–Kier alpha value is -2.20. The molecule has 0 unspecified atom stereocenters. The topological polar surface area (TPSA) is 58.7 Å². The number of nitrogen functional groups attached to an aromatic ring is 1. The molecule has 0 bridgehead atoms. The molecule has 2 aromatic rings. The molecule has 0 saturated heterocycles. The summed E-state index contributed by atoms with van der Waals surface area (Å²) in [5, 5.41) is 9.43. The maximum absolute atomic E-state index is 9.43. The van der Waals surface area contributed by atoms with Gasteiger partial charge in [0, 0.05) is 18.7 Å². The third kappa shape index (κ3) is 3.42. The first-order valence-corrected chi connectivity index (χ1v) is 6.48. The summed E-state index contributed by atoms with van der Waals surface area (Å²) in [5.74, 6) is 1.02. The van der Waals surface area contributed by atoms with Gasteiger partial charge >= 0.3 is 0 Å². The number of phenolic OH excluding ortho intramolecular Hbond substituents is 1. The fraction of sp³-hybridized carbons (Fsp3) is 0.250. The second-order valence-corrected chi connectivity index (χ2v) is 4.88. The molecule has 3 N–H and O–H groups in total. The first-order valence-electron chi connectivity index (χ1n) is 6.48. The SMILES string of the molecule is COc1ccccc1CN(C)Cc1ccc(O)c(N)c1. The van der Waals surface area contributed by atoms with Gasteiger partial charge in [-0.15, -0.1) is 0 Å². The van der Waals surface area contributed by atoms with Gasteiger partial charge in [0.25, 0.3) is 0 Å². The summed E-state index contributed by atoms with van der Waals surface area (Å²) in [6, 6.07) is 13.3. The Morgan fingerprint density at radius 1 is 1.15 bits per heavy atom. The number of anilines is 1. The molecule has 0 fully saturated rings. The van der Waals surface area contributed by atoms with Crippen molar-refractivity contribution in [2.75, 3.05) is 19.9 Å². The minimum absolute atomic E-state index is 0.126. The van der Waals surface area contributed by atoms with Crippen LogP contribution < -0.4 is 10.5 Å². The number of ether oxygens (including phenoxy) is 1. The van der Waals surface area contributed by atoms with Crippen LogP contribution in [0.3, 0.4) is 0 Å². The van der Waals surface area contributed by atoms with E-state index in [1.54, 1.807) is 19.2 Å². The Kier molecular flexibility index (Phi) is 4.48. The van der Waals surface area contributed by atoms with Crippen LogP contribution in [0.25, 0.3) is 0 Å². The van der Waals surface area contributed by atoms with E-state index in [1.165, 1.54) is 0 Å². The van der Waals surface area contributed by atoms with Gasteiger partial charge in [-0.2, -0.15) is 0 Å². The van der Waals surface area contributed by atoms with Gasteiger partial charge in [0.1, 0.15) is 11.5 Å². The van der Waals surface area contributed by atoms with Gasteiger partial charge in [0.15, 0.2) is 0 Å². The first-order chi connectivity index (χ1) is 9.60. The molecule has 0 aliphatic heterocycles. The van der Waals surface area contributed by atoms with E-state index in [4.69, 9.17) is 10.5 Å². The molecule has 0 atom stereocenters. The molecule has 4 heteroatoms. The van der Waals surface area contributed by atoms with Gasteiger partial charge in [-0.3, -0.25) is 4.90 Å². The van der Waals surface area contributed by atoms with Crippen molar-refractivity contribution < 1.29 is 9.84 Å². The Morgan fingerprint density at radius 3 is 2.60 bits per heavy atom. The highest BCUT2D eigenvalue weighted by atomic mass is 16.5. The van der Waals surface area contributed by atoms with Crippen molar-refractivity contribution in [2.45, 2.75) is 13.1 Å². The lowest BCUT2D eigenvalue weighted by Crippen LogP contribution is -2.17. The van der Waals surface area contributed by atoms with Crippen molar-refractivity contribution in [3.8, 4) is 11.5 Å². The Balaban J connectivity index is 2.05. The van der Waals surface area contributed by atoms with Gasteiger partial charge in [0.05, 0.1) is 12.8 Å². The quantitative estimate of drug-likeness (QED) is 0.649. The average Bonchev–Trinajstić information content (AvgIpc) is 2.43. The second kappa shape index (κ2) is 6.30. The monoisotopic (exact) mass is 272 g/mol. The predicted molar refractivity (Wildman–Crippen MR) is 80.7 cm³/mol. The lowest BCUT2D eigenvalue weighted by atomic mass is 10.1. The van der Waals surface area contributed by atoms with Gasteiger partial charge in [0.2, 0.25) is 0 Å². The highest BCUT2D eigenvalue weighted by Gasteiger charge is 2.07. The molecule has 0 aliphatic carbocycles. The number of phenols is 1. The van der Waals surface area contributed by atoms with Crippen molar-refractivity contribution in [3.63, 3.8) is 0 Å². The van der Waals surface area contributed by atoms with Crippen LogP contribution in [-0.4, -0.2) is 24.2 Å². The molecule has 0 aliphatic rings. The van der Waals surface area contributed by atoms with Crippen LogP contribution in [0.1, 0.15) is 11.1 Å². The largest absolute Gasteiger partial charge is 0.506 e. The van der Waals surface area contributed by atoms with Gasteiger partial charge in [-0.05, 0) is 30.8 Å². The molecule has 0 aromatic heterocycles. The molecule has 0 heterocycles. The number of methoxy groups -OCH3 is 1. The number of hydrogen-bond acceptors (Lipinski definition) is 4. The maximum Gasteiger partial charge on any atom is 0.138 e. The molecule has 20 heavy (non-hydrogen) atoms. The molecular weight excluding hydrogens is 252 g/mol. The first kappa shape index (κ1) is 14.2. The van der Waals surface area contributed by atoms with Crippen LogP contribution >= 0.6 is 0 Å². The molecule has 2 rings (SSSR count). The number of hydrogen-bond donors (Lipinski definition) is 2. The summed E-state index contributed by atoms with van der Waals surface area (Å²) < 4.78 is 5.35. The van der Waals surface area contributed by atoms with Crippen molar-refractivity contribution in [1.82, 2.24) is 4.90 Å². The second-order valence-electron chi connectivity index (χ2n) is 4.88. The third-order valence-corrected chi connectivity index (χ3v) is 3.18. The van der Waals surface area contributed by atoms with Crippen molar-refractivity contribution in [2.24, 2.45) is 0 Å². The molecular formula is C16H20N2O2. The van der Waals surface area contributed by atoms with Crippen molar-refractivity contribution in [3.05, 3.63) is 53.6 Å². The Labute approximate surface area is 119 Å². The zero-order chi connectivity index (χ0) is 14.5. The van der Waals surface area contributed by atoms with E-state index in [9.17, 15) is 5.11 Å². The van der Waals surface area contributed by atoms with E-state index in [-0.39, 0.29) is 5.75 Å². The van der Waals surface area contributed by atoms with Crippen LogP contribution in [0, 0.1) is 0 Å². The summed E-state index contributed by atoms with van der Waals surface area (Å²) in [4.78, 5) is 2.17. The smallest absolute Gasteiger partial charge is 0.138 e. The van der Waals surface area contributed by atoms with Crippen molar-refractivity contribution in [1.29, 1.82) is 0 Å². The van der Waals surface area contributed by atoms with Crippen LogP contribution in [0.2, 0.25) is 0 Å². The summed E-state index contributed by atoms with van der Waals surface area (Å²) in [6.07, 6.45) is 0. The highest BCUT2D eigenvalue weighted by molar-refractivity contribution is 5.53. The number of nitrogens with zero attached hydrogens (tertiary/aromatic N) is 1. The van der Waals surface area contributed by atoms with Crippen LogP contribution in [0.5, 0.6) is 11.5 Å². The van der Waals surface area contributed by atoms with E-state index < -0.39 is 0 Å². The minimum Gasteiger partial charge on any atom is -0.506 e. The zero-order valence-corrected chi connectivity index (χ0v) is 11.8. The number of para-hydroxylation sites is 1. The van der Waals surface area contributed by atoms with E-state index in [0.29, 0.717) is 5.69 Å². The summed E-state index contributed by atoms with van der Waals surface area (Å²) >= 11 is 0. The number of nitrogens with two attached hydrogens (primary N) is 1. The predicted octanol–water partition coefficient (Wildman–Crippen LogP) is 2.62. The number of aromatic hydroxyl groups is 1. The molecule has 0 amide bonds. The fourth-order valence-electron chi connectivity index (χ4n) is 2.19. The maximum atomic E-state index is 9.43. The average molecular weight is 272 g/mol. The van der Waals surface area contributed by atoms with Crippen LogP contribution in [0.15, 0.2) is 42.5 Å². The number of benzene rings is 2. The van der Waals surface area contributed by atoms with E-state index in [2.05, 4.69) is 11.0 Å². The van der Waals surface area contributed by atoms with E-state index in [0.717, 1.165) is 30.0 Å². The fourth-order valence-corrected chi connectivity index (χ4v) is 2.19. The van der Waals surface area contributed by atoms with Gasteiger partial charge in [-0.1, -0.05) is 24.3 Å². The Bertz CT molecular complexity index is 584. The Morgan fingerprint density at radius 2 is 1.90 bits per heavy atom. The van der Waals surface area contributed by atoms with Crippen molar-refractivity contribution >= 4 is 5.69 Å². The molecule has 4 nitrogen and oxygen atoms in total. The van der Waals surface area contributed by atoms with Crippen LogP contribution in [-0.2, 0) is 13.1 Å². The molecule has 0 radical (unpaired) electrons. The minimum atomic E-state index is 0.126. The van der Waals surface area contributed by atoms with Gasteiger partial charge < -0.3 is 15.6 Å². The zero-order valence-electron chi connectivity index (χ0n) is 11.8. The third-order valence-electron chi connectivity index (χ3n) is 3.18. The summed E-state index contributed by atoms with van der Waals surface area (Å²) in [7, 11) is 3.72. The molecule has 106 valence electrons. The van der Waals surface area contributed by atoms with E-state index >= 15 is 0 Å². The standard InChI is InChI=1S/C16H20N2O2/c1-18(10-12-7-8-15(19)14(17)9-12)11-13-5-3-4-6-16(13)20-2/h3-9,19H,10-11,17H2,1-2H3. The number of rotatable bonds is 5.